The minimum atomic E-state index is -0.148. The highest BCUT2D eigenvalue weighted by molar-refractivity contribution is 7.11. The standard InChI is InChI=1S/C16H19FN2S/c1-3-18-15(11-7-8-12(17)10(2)9-11)16-19-13-5-4-6-14(13)20-16/h7-9,15,18H,3-6H2,1-2H3. The number of hydrogen-bond acceptors (Lipinski definition) is 3. The molecule has 20 heavy (non-hydrogen) atoms. The Bertz CT molecular complexity index is 599. The Morgan fingerprint density at radius 3 is 2.95 bits per heavy atom. The predicted molar refractivity (Wildman–Crippen MR) is 80.8 cm³/mol. The van der Waals surface area contributed by atoms with Crippen LogP contribution in [-0.4, -0.2) is 11.5 Å². The molecule has 0 saturated heterocycles. The first kappa shape index (κ1) is 13.7. The first-order valence-electron chi connectivity index (χ1n) is 7.17. The third kappa shape index (κ3) is 2.50. The van der Waals surface area contributed by atoms with Crippen molar-refractivity contribution in [1.29, 1.82) is 0 Å². The second-order valence-electron chi connectivity index (χ2n) is 5.27. The summed E-state index contributed by atoms with van der Waals surface area (Å²) < 4.78 is 13.4. The zero-order valence-corrected chi connectivity index (χ0v) is 12.7. The summed E-state index contributed by atoms with van der Waals surface area (Å²) in [5, 5.41) is 4.59. The van der Waals surface area contributed by atoms with E-state index in [0.717, 1.165) is 30.0 Å². The van der Waals surface area contributed by atoms with Crippen LogP contribution >= 0.6 is 11.3 Å². The van der Waals surface area contributed by atoms with Gasteiger partial charge in [0.1, 0.15) is 10.8 Å². The lowest BCUT2D eigenvalue weighted by Crippen LogP contribution is -2.22. The largest absolute Gasteiger partial charge is 0.305 e. The second kappa shape index (κ2) is 5.62. The number of nitrogens with one attached hydrogen (secondary N) is 1. The third-order valence-corrected chi connectivity index (χ3v) is 5.01. The molecule has 0 amide bonds. The highest BCUT2D eigenvalue weighted by Crippen LogP contribution is 2.33. The van der Waals surface area contributed by atoms with Crippen LogP contribution in [0.2, 0.25) is 0 Å². The van der Waals surface area contributed by atoms with E-state index in [0.29, 0.717) is 5.56 Å². The maximum Gasteiger partial charge on any atom is 0.126 e. The second-order valence-corrected chi connectivity index (χ2v) is 6.39. The van der Waals surface area contributed by atoms with Crippen molar-refractivity contribution in [2.75, 3.05) is 6.54 Å². The molecule has 4 heteroatoms. The number of aryl methyl sites for hydroxylation is 3. The van der Waals surface area contributed by atoms with Gasteiger partial charge in [-0.25, -0.2) is 9.37 Å². The molecule has 2 nitrogen and oxygen atoms in total. The number of nitrogens with zero attached hydrogens (tertiary/aromatic N) is 1. The zero-order chi connectivity index (χ0) is 14.1. The van der Waals surface area contributed by atoms with E-state index in [1.807, 2.05) is 30.4 Å². The fourth-order valence-corrected chi connectivity index (χ4v) is 3.99. The van der Waals surface area contributed by atoms with Gasteiger partial charge in [-0.3, -0.25) is 0 Å². The van der Waals surface area contributed by atoms with Gasteiger partial charge < -0.3 is 5.32 Å². The van der Waals surface area contributed by atoms with Gasteiger partial charge in [0.25, 0.3) is 0 Å². The van der Waals surface area contributed by atoms with Crippen LogP contribution in [0.25, 0.3) is 0 Å². The van der Waals surface area contributed by atoms with Crippen LogP contribution in [0.3, 0.4) is 0 Å². The maximum atomic E-state index is 13.4. The number of aromatic nitrogens is 1. The Kier molecular flexibility index (Phi) is 3.85. The van der Waals surface area contributed by atoms with Crippen molar-refractivity contribution < 1.29 is 4.39 Å². The summed E-state index contributed by atoms with van der Waals surface area (Å²) in [6, 6.07) is 5.42. The molecule has 1 aliphatic carbocycles. The molecule has 3 rings (SSSR count). The number of rotatable bonds is 4. The van der Waals surface area contributed by atoms with Crippen LogP contribution in [0.1, 0.15) is 46.1 Å². The SMILES string of the molecule is CCNC(c1ccc(F)c(C)c1)c1nc2c(s1)CCC2. The molecule has 1 aliphatic rings. The summed E-state index contributed by atoms with van der Waals surface area (Å²) in [6.07, 6.45) is 3.50. The highest BCUT2D eigenvalue weighted by atomic mass is 32.1. The van der Waals surface area contributed by atoms with E-state index in [4.69, 9.17) is 4.98 Å². The van der Waals surface area contributed by atoms with Gasteiger partial charge in [-0.05, 0) is 49.9 Å². The van der Waals surface area contributed by atoms with E-state index in [2.05, 4.69) is 12.2 Å². The van der Waals surface area contributed by atoms with Crippen molar-refractivity contribution in [3.63, 3.8) is 0 Å². The molecule has 106 valence electrons. The summed E-state index contributed by atoms with van der Waals surface area (Å²) in [5.74, 6) is -0.148. The summed E-state index contributed by atoms with van der Waals surface area (Å²) in [5.41, 5.74) is 3.06. The molecule has 1 aromatic heterocycles. The summed E-state index contributed by atoms with van der Waals surface area (Å²) in [7, 11) is 0. The quantitative estimate of drug-likeness (QED) is 0.927. The maximum absolute atomic E-state index is 13.4. The van der Waals surface area contributed by atoms with Crippen LogP contribution in [0, 0.1) is 12.7 Å². The van der Waals surface area contributed by atoms with Crippen molar-refractivity contribution in [2.24, 2.45) is 0 Å². The smallest absolute Gasteiger partial charge is 0.126 e. The van der Waals surface area contributed by atoms with E-state index in [-0.39, 0.29) is 11.9 Å². The Morgan fingerprint density at radius 1 is 1.40 bits per heavy atom. The molecule has 2 aromatic rings. The Morgan fingerprint density at radius 2 is 2.25 bits per heavy atom. The monoisotopic (exact) mass is 290 g/mol. The lowest BCUT2D eigenvalue weighted by Gasteiger charge is -2.16. The number of halogens is 1. The number of hydrogen-bond donors (Lipinski definition) is 1. The van der Waals surface area contributed by atoms with E-state index in [1.165, 1.54) is 17.0 Å². The minimum absolute atomic E-state index is 0.0786. The van der Waals surface area contributed by atoms with Crippen LogP contribution in [0.4, 0.5) is 4.39 Å². The molecule has 1 N–H and O–H groups in total. The normalized spacial score (nSPS) is 15.3. The van der Waals surface area contributed by atoms with Gasteiger partial charge in [-0.2, -0.15) is 0 Å². The Balaban J connectivity index is 1.96. The van der Waals surface area contributed by atoms with Crippen molar-refractivity contribution in [1.82, 2.24) is 10.3 Å². The molecule has 0 spiro atoms. The average molecular weight is 290 g/mol. The third-order valence-electron chi connectivity index (χ3n) is 3.78. The van der Waals surface area contributed by atoms with E-state index < -0.39 is 0 Å². The van der Waals surface area contributed by atoms with Gasteiger partial charge >= 0.3 is 0 Å². The lowest BCUT2D eigenvalue weighted by atomic mass is 10.0. The Hall–Kier alpha value is -1.26. The van der Waals surface area contributed by atoms with Crippen molar-refractivity contribution in [2.45, 2.75) is 39.2 Å². The van der Waals surface area contributed by atoms with Gasteiger partial charge in [0.15, 0.2) is 0 Å². The van der Waals surface area contributed by atoms with Gasteiger partial charge in [0.05, 0.1) is 11.7 Å². The lowest BCUT2D eigenvalue weighted by molar-refractivity contribution is 0.604. The minimum Gasteiger partial charge on any atom is -0.305 e. The molecular formula is C16H19FN2S. The van der Waals surface area contributed by atoms with Gasteiger partial charge in [-0.1, -0.05) is 19.1 Å². The molecule has 0 bridgehead atoms. The predicted octanol–water partition coefficient (Wildman–Crippen LogP) is 3.78. The molecular weight excluding hydrogens is 271 g/mol. The fraction of sp³-hybridized carbons (Fsp3) is 0.438. The number of thiazole rings is 1. The molecule has 0 saturated carbocycles. The van der Waals surface area contributed by atoms with Crippen molar-refractivity contribution >= 4 is 11.3 Å². The molecule has 1 aromatic carbocycles. The molecule has 0 fully saturated rings. The van der Waals surface area contributed by atoms with Crippen molar-refractivity contribution in [3.8, 4) is 0 Å². The molecule has 1 atom stereocenters. The molecule has 1 heterocycles. The van der Waals surface area contributed by atoms with Crippen LogP contribution in [0.15, 0.2) is 18.2 Å². The fourth-order valence-electron chi connectivity index (χ4n) is 2.73. The molecule has 0 radical (unpaired) electrons. The Labute approximate surface area is 123 Å². The average Bonchev–Trinajstić information content (AvgIpc) is 3.00. The number of benzene rings is 1. The summed E-state index contributed by atoms with van der Waals surface area (Å²) >= 11 is 1.81. The first-order chi connectivity index (χ1) is 9.69. The molecule has 1 unspecified atom stereocenters. The topological polar surface area (TPSA) is 24.9 Å². The highest BCUT2D eigenvalue weighted by Gasteiger charge is 2.23. The first-order valence-corrected chi connectivity index (χ1v) is 7.98. The van der Waals surface area contributed by atoms with Crippen LogP contribution in [0.5, 0.6) is 0 Å². The zero-order valence-electron chi connectivity index (χ0n) is 11.9. The van der Waals surface area contributed by atoms with Crippen LogP contribution in [-0.2, 0) is 12.8 Å². The van der Waals surface area contributed by atoms with Crippen LogP contribution < -0.4 is 5.32 Å². The van der Waals surface area contributed by atoms with Gasteiger partial charge in [-0.15, -0.1) is 11.3 Å². The number of fused-ring (bicyclic) bond motifs is 1. The summed E-state index contributed by atoms with van der Waals surface area (Å²) in [6.45, 7) is 4.76. The van der Waals surface area contributed by atoms with Crippen molar-refractivity contribution in [3.05, 3.63) is 50.7 Å². The van der Waals surface area contributed by atoms with Gasteiger partial charge in [0, 0.05) is 4.88 Å². The molecule has 0 aliphatic heterocycles. The van der Waals surface area contributed by atoms with E-state index in [9.17, 15) is 4.39 Å². The van der Waals surface area contributed by atoms with E-state index in [1.54, 1.807) is 6.07 Å². The van der Waals surface area contributed by atoms with E-state index >= 15 is 0 Å². The summed E-state index contributed by atoms with van der Waals surface area (Å²) in [4.78, 5) is 6.23. The van der Waals surface area contributed by atoms with Gasteiger partial charge in [0.2, 0.25) is 0 Å².